The number of hydrogen-bond acceptors (Lipinski definition) is 5. The van der Waals surface area contributed by atoms with Gasteiger partial charge in [-0.2, -0.15) is 9.37 Å². The molecular formula is C12H9F2NO4. The maximum Gasteiger partial charge on any atom is 0.400 e. The molecule has 0 aliphatic carbocycles. The van der Waals surface area contributed by atoms with Gasteiger partial charge in [-0.15, -0.1) is 0 Å². The van der Waals surface area contributed by atoms with Crippen LogP contribution in [-0.4, -0.2) is 17.6 Å². The van der Waals surface area contributed by atoms with Gasteiger partial charge in [0.2, 0.25) is 5.82 Å². The monoisotopic (exact) mass is 269 g/mol. The number of carbonyl (C=O) groups excluding carboxylic acids is 1. The number of nitrogens with zero attached hydrogens (tertiary/aromatic N) is 1. The normalized spacial score (nSPS) is 10.3. The lowest BCUT2D eigenvalue weighted by Crippen LogP contribution is -2.04. The quantitative estimate of drug-likeness (QED) is 0.798. The maximum atomic E-state index is 13.3. The van der Waals surface area contributed by atoms with Crippen LogP contribution in [0.4, 0.5) is 8.78 Å². The number of ether oxygens (including phenoxy) is 2. The Morgan fingerprint density at radius 1 is 1.42 bits per heavy atom. The third-order valence-electron chi connectivity index (χ3n) is 2.08. The summed E-state index contributed by atoms with van der Waals surface area (Å²) >= 11 is 0. The van der Waals surface area contributed by atoms with Crippen molar-refractivity contribution in [3.63, 3.8) is 0 Å². The zero-order valence-electron chi connectivity index (χ0n) is 9.85. The van der Waals surface area contributed by atoms with Crippen LogP contribution in [-0.2, 0) is 4.74 Å². The van der Waals surface area contributed by atoms with E-state index in [1.54, 1.807) is 6.92 Å². The van der Waals surface area contributed by atoms with E-state index in [9.17, 15) is 13.6 Å². The summed E-state index contributed by atoms with van der Waals surface area (Å²) < 4.78 is 40.6. The van der Waals surface area contributed by atoms with E-state index >= 15 is 0 Å². The van der Waals surface area contributed by atoms with Crippen molar-refractivity contribution in [1.82, 2.24) is 4.98 Å². The van der Waals surface area contributed by atoms with Crippen molar-refractivity contribution in [1.29, 1.82) is 0 Å². The fraction of sp³-hybridized carbons (Fsp3) is 0.167. The van der Waals surface area contributed by atoms with Crippen molar-refractivity contribution in [3.8, 4) is 11.8 Å². The highest BCUT2D eigenvalue weighted by molar-refractivity contribution is 5.86. The smallest absolute Gasteiger partial charge is 0.400 e. The van der Waals surface area contributed by atoms with Gasteiger partial charge in [0.05, 0.1) is 6.61 Å². The Morgan fingerprint density at radius 3 is 2.95 bits per heavy atom. The van der Waals surface area contributed by atoms with Gasteiger partial charge in [0, 0.05) is 0 Å². The summed E-state index contributed by atoms with van der Waals surface area (Å²) in [7, 11) is 0. The van der Waals surface area contributed by atoms with Gasteiger partial charge in [-0.3, -0.25) is 0 Å². The number of aromatic nitrogens is 1. The van der Waals surface area contributed by atoms with Crippen LogP contribution in [0.15, 0.2) is 28.9 Å². The van der Waals surface area contributed by atoms with Crippen LogP contribution in [0.3, 0.4) is 0 Å². The highest BCUT2D eigenvalue weighted by Crippen LogP contribution is 2.25. The minimum atomic E-state index is -1.17. The Morgan fingerprint density at radius 2 is 2.21 bits per heavy atom. The van der Waals surface area contributed by atoms with Crippen LogP contribution < -0.4 is 4.74 Å². The molecule has 100 valence electrons. The van der Waals surface area contributed by atoms with Gasteiger partial charge < -0.3 is 13.9 Å². The molecule has 0 saturated heterocycles. The standard InChI is InChI=1S/C12H9F2NO4/c1-2-17-11(16)8-6-18-12(15-8)19-9-5-3-4-7(13)10(9)14/h3-6H,2H2,1H3. The number of esters is 1. The van der Waals surface area contributed by atoms with Gasteiger partial charge in [-0.25, -0.2) is 9.18 Å². The summed E-state index contributed by atoms with van der Waals surface area (Å²) in [6.45, 7) is 1.82. The highest BCUT2D eigenvalue weighted by atomic mass is 19.2. The summed E-state index contributed by atoms with van der Waals surface area (Å²) in [5, 5.41) is 0. The van der Waals surface area contributed by atoms with Crippen molar-refractivity contribution in [2.75, 3.05) is 6.61 Å². The predicted molar refractivity (Wildman–Crippen MR) is 58.9 cm³/mol. The Balaban J connectivity index is 2.16. The van der Waals surface area contributed by atoms with E-state index in [0.29, 0.717) is 0 Å². The van der Waals surface area contributed by atoms with Crippen molar-refractivity contribution >= 4 is 5.97 Å². The molecule has 5 nitrogen and oxygen atoms in total. The summed E-state index contributed by atoms with van der Waals surface area (Å²) in [5.41, 5.74) is -0.117. The number of oxazole rings is 1. The fourth-order valence-electron chi connectivity index (χ4n) is 1.26. The van der Waals surface area contributed by atoms with E-state index in [1.807, 2.05) is 0 Å². The molecule has 0 radical (unpaired) electrons. The second kappa shape index (κ2) is 5.47. The molecule has 0 aliphatic heterocycles. The SMILES string of the molecule is CCOC(=O)c1coc(Oc2cccc(F)c2F)n1. The first-order valence-electron chi connectivity index (χ1n) is 5.36. The van der Waals surface area contributed by atoms with E-state index < -0.39 is 23.4 Å². The van der Waals surface area contributed by atoms with Gasteiger partial charge in [-0.05, 0) is 19.1 Å². The van der Waals surface area contributed by atoms with E-state index in [0.717, 1.165) is 12.3 Å². The molecule has 0 atom stereocenters. The third kappa shape index (κ3) is 2.87. The first-order valence-corrected chi connectivity index (χ1v) is 5.36. The van der Waals surface area contributed by atoms with Crippen molar-refractivity contribution in [3.05, 3.63) is 41.8 Å². The molecule has 1 aromatic carbocycles. The Hall–Kier alpha value is -2.44. The molecule has 0 aliphatic rings. The molecule has 2 rings (SSSR count). The summed E-state index contributed by atoms with van der Waals surface area (Å²) in [6.07, 6.45) is 0.623. The minimum absolute atomic E-state index is 0.117. The molecule has 0 spiro atoms. The Bertz CT molecular complexity index is 597. The number of carbonyl (C=O) groups is 1. The van der Waals surface area contributed by atoms with E-state index in [1.165, 1.54) is 12.1 Å². The fourth-order valence-corrected chi connectivity index (χ4v) is 1.26. The molecule has 0 N–H and O–H groups in total. The molecule has 0 saturated carbocycles. The molecule has 0 fully saturated rings. The summed E-state index contributed by atoms with van der Waals surface area (Å²) in [5.74, 6) is -3.31. The van der Waals surface area contributed by atoms with Gasteiger partial charge >= 0.3 is 12.0 Å². The van der Waals surface area contributed by atoms with Gasteiger partial charge in [0.15, 0.2) is 17.3 Å². The van der Waals surface area contributed by atoms with Crippen LogP contribution in [0.5, 0.6) is 11.8 Å². The van der Waals surface area contributed by atoms with Crippen molar-refractivity contribution in [2.45, 2.75) is 6.92 Å². The average Bonchev–Trinajstić information content (AvgIpc) is 2.84. The predicted octanol–water partition coefficient (Wildman–Crippen LogP) is 2.92. The zero-order valence-corrected chi connectivity index (χ0v) is 9.85. The third-order valence-corrected chi connectivity index (χ3v) is 2.08. The molecule has 0 unspecified atom stereocenters. The lowest BCUT2D eigenvalue weighted by molar-refractivity contribution is 0.0519. The van der Waals surface area contributed by atoms with Crippen LogP contribution in [0.1, 0.15) is 17.4 Å². The van der Waals surface area contributed by atoms with Gasteiger partial charge in [0.1, 0.15) is 6.26 Å². The van der Waals surface area contributed by atoms with Gasteiger partial charge in [0.25, 0.3) is 0 Å². The lowest BCUT2D eigenvalue weighted by atomic mass is 10.3. The van der Waals surface area contributed by atoms with Gasteiger partial charge in [-0.1, -0.05) is 6.07 Å². The van der Waals surface area contributed by atoms with Crippen molar-refractivity contribution < 1.29 is 27.5 Å². The molecule has 1 aromatic heterocycles. The second-order valence-corrected chi connectivity index (χ2v) is 3.37. The van der Waals surface area contributed by atoms with Crippen molar-refractivity contribution in [2.24, 2.45) is 0 Å². The van der Waals surface area contributed by atoms with Crippen LogP contribution >= 0.6 is 0 Å². The van der Waals surface area contributed by atoms with E-state index in [-0.39, 0.29) is 18.4 Å². The maximum absolute atomic E-state index is 13.3. The average molecular weight is 269 g/mol. The first-order chi connectivity index (χ1) is 9.11. The lowest BCUT2D eigenvalue weighted by Gasteiger charge is -2.01. The molecule has 0 amide bonds. The van der Waals surface area contributed by atoms with Crippen LogP contribution in [0, 0.1) is 11.6 Å². The Labute approximate surface area is 106 Å². The molecule has 0 bridgehead atoms. The summed E-state index contributed by atoms with van der Waals surface area (Å²) in [4.78, 5) is 14.9. The molecule has 2 aromatic rings. The largest absolute Gasteiger partial charge is 0.461 e. The number of hydrogen-bond donors (Lipinski definition) is 0. The second-order valence-electron chi connectivity index (χ2n) is 3.37. The number of rotatable bonds is 4. The van der Waals surface area contributed by atoms with E-state index in [2.05, 4.69) is 9.72 Å². The topological polar surface area (TPSA) is 61.6 Å². The van der Waals surface area contributed by atoms with Crippen LogP contribution in [0.2, 0.25) is 0 Å². The zero-order chi connectivity index (χ0) is 13.8. The molecule has 19 heavy (non-hydrogen) atoms. The molecular weight excluding hydrogens is 260 g/mol. The van der Waals surface area contributed by atoms with E-state index in [4.69, 9.17) is 9.15 Å². The minimum Gasteiger partial charge on any atom is -0.461 e. The Kier molecular flexibility index (Phi) is 3.74. The first kappa shape index (κ1) is 13.0. The molecule has 7 heteroatoms. The highest BCUT2D eigenvalue weighted by Gasteiger charge is 2.16. The van der Waals surface area contributed by atoms with Crippen LogP contribution in [0.25, 0.3) is 0 Å². The number of benzene rings is 1. The molecule has 1 heterocycles. The number of halogens is 2. The summed E-state index contributed by atoms with van der Waals surface area (Å²) in [6, 6.07) is 3.41.